The number of nitrogens with zero attached hydrogens (tertiary/aromatic N) is 1. The summed E-state index contributed by atoms with van der Waals surface area (Å²) in [6.45, 7) is 29.2. The highest BCUT2D eigenvalue weighted by molar-refractivity contribution is 6.03. The van der Waals surface area contributed by atoms with Gasteiger partial charge in [0, 0.05) is 19.4 Å². The summed E-state index contributed by atoms with van der Waals surface area (Å²) in [6.07, 6.45) is -0.907. The molecule has 0 bridgehead atoms. The van der Waals surface area contributed by atoms with Crippen molar-refractivity contribution >= 4 is 82.8 Å². The topological polar surface area (TPSA) is 462 Å². The van der Waals surface area contributed by atoms with Crippen LogP contribution in [-0.2, 0) is 78.3 Å². The Bertz CT molecular complexity index is 3160. The maximum absolute atomic E-state index is 15.0. The molecule has 0 aromatic heterocycles. The van der Waals surface area contributed by atoms with Gasteiger partial charge in [-0.1, -0.05) is 153 Å². The van der Waals surface area contributed by atoms with Crippen LogP contribution < -0.4 is 69.5 Å². The van der Waals surface area contributed by atoms with Gasteiger partial charge >= 0.3 is 5.97 Å². The van der Waals surface area contributed by atoms with Crippen molar-refractivity contribution < 1.29 is 82.1 Å². The molecule has 0 saturated carbocycles. The van der Waals surface area contributed by atoms with Crippen LogP contribution in [0.3, 0.4) is 0 Å². The zero-order valence-corrected chi connectivity index (χ0v) is 64.7. The second-order valence-electron chi connectivity index (χ2n) is 29.7. The fraction of sp³-hybridized carbons (Fsp3) is 0.703. The number of amides is 13. The van der Waals surface area contributed by atoms with Gasteiger partial charge in [-0.25, -0.2) is 4.79 Å². The van der Waals surface area contributed by atoms with Gasteiger partial charge in [0.2, 0.25) is 70.9 Å². The lowest BCUT2D eigenvalue weighted by Gasteiger charge is -2.33. The van der Waals surface area contributed by atoms with Crippen LogP contribution in [0.5, 0.6) is 0 Å². The molecule has 2 aliphatic rings. The van der Waals surface area contributed by atoms with Crippen molar-refractivity contribution in [2.75, 3.05) is 13.1 Å². The first-order valence-electron chi connectivity index (χ1n) is 37.2. The highest BCUT2D eigenvalue weighted by Gasteiger charge is 2.45. The van der Waals surface area contributed by atoms with E-state index in [1.807, 2.05) is 13.8 Å². The standard InChI is InChI=1S/C74H122N14O17/c1-19-42(14)57(69(99)87-61-46(18)105-74(104)56(41(12)13)82-62(92)48(21-3)76-64(94)50(36-47-29-23-22-24-30-47)78-66(96)54(39(8)9)80-68(98)58(43(15)20-2)84-72(61)102)83-63(93)49(31-26-34-75)77-65(95)51-32-27-35-88(51)73(103)55(40(10)11)81-70(100)59(44(16)89)86-71(101)60(45(17)90)85-67(97)53(38(6)7)79-52(91)33-25-28-37(4)5/h21-24,29-30,37-46,49-51,53-61,89-90H,19-20,25-28,31-36,75H2,1-18H3,(H,76,94)(H,77,95)(H,78,96)(H,79,91)(H,80,98)(H,81,100)(H,82,92)(H,83,93)(H,84,102)(H,85,97)(H,86,101)(H,87,99)/b48-21-/t42-,43-,44-,45-,46+,49+,50+,51-,53-,54-,55-,56+,57-,58-,59+,60+,61-/m1/s1. The number of carbonyl (C=O) groups is 14. The number of aliphatic hydroxyl groups is 2. The first kappa shape index (κ1) is 90.6. The average molecular weight is 1480 g/mol. The minimum atomic E-state index is -1.84. The van der Waals surface area contributed by atoms with Gasteiger partial charge < -0.3 is 89.4 Å². The number of nitrogens with two attached hydrogens (primary N) is 1. The maximum Gasteiger partial charge on any atom is 0.329 e. The van der Waals surface area contributed by atoms with E-state index in [0.717, 1.165) is 6.42 Å². The molecule has 2 fully saturated rings. The summed E-state index contributed by atoms with van der Waals surface area (Å²) in [5, 5.41) is 53.4. The Labute approximate surface area is 618 Å². The summed E-state index contributed by atoms with van der Waals surface area (Å²) in [4.78, 5) is 201. The number of carbonyl (C=O) groups excluding carboxylic acids is 14. The molecule has 0 unspecified atom stereocenters. The Morgan fingerprint density at radius 3 is 1.67 bits per heavy atom. The fourth-order valence-electron chi connectivity index (χ4n) is 12.0. The van der Waals surface area contributed by atoms with Crippen molar-refractivity contribution in [3.63, 3.8) is 0 Å². The van der Waals surface area contributed by atoms with E-state index in [2.05, 4.69) is 63.8 Å². The van der Waals surface area contributed by atoms with Crippen LogP contribution in [0, 0.1) is 41.4 Å². The quantitative estimate of drug-likeness (QED) is 0.0338. The number of hydrogen-bond acceptors (Lipinski definition) is 18. The van der Waals surface area contributed by atoms with Crippen LogP contribution >= 0.6 is 0 Å². The van der Waals surface area contributed by atoms with Crippen LogP contribution in [0.4, 0.5) is 0 Å². The molecule has 1 aromatic carbocycles. The molecule has 0 radical (unpaired) electrons. The largest absolute Gasteiger partial charge is 0.458 e. The number of allylic oxidation sites excluding steroid dienone is 1. The van der Waals surface area contributed by atoms with Gasteiger partial charge in [-0.05, 0) is 113 Å². The Morgan fingerprint density at radius 2 is 1.15 bits per heavy atom. The minimum Gasteiger partial charge on any atom is -0.458 e. The monoisotopic (exact) mass is 1480 g/mol. The molecule has 13 amide bonds. The third-order valence-corrected chi connectivity index (χ3v) is 19.1. The summed E-state index contributed by atoms with van der Waals surface area (Å²) < 4.78 is 5.95. The molecule has 17 atom stereocenters. The number of benzene rings is 1. The highest BCUT2D eigenvalue weighted by Crippen LogP contribution is 2.23. The van der Waals surface area contributed by atoms with E-state index in [-0.39, 0.29) is 63.2 Å². The van der Waals surface area contributed by atoms with E-state index in [9.17, 15) is 67.7 Å². The Balaban J connectivity index is 2.00. The molecule has 16 N–H and O–H groups in total. The third kappa shape index (κ3) is 27.7. The van der Waals surface area contributed by atoms with E-state index < -0.39 is 203 Å². The lowest BCUT2D eigenvalue weighted by Crippen LogP contribution is -2.64. The predicted octanol–water partition coefficient (Wildman–Crippen LogP) is 0.561. The van der Waals surface area contributed by atoms with Gasteiger partial charge in [0.15, 0.2) is 0 Å². The van der Waals surface area contributed by atoms with Crippen LogP contribution in [-0.4, -0.2) is 202 Å². The number of esters is 1. The van der Waals surface area contributed by atoms with E-state index in [1.54, 1.807) is 113 Å². The smallest absolute Gasteiger partial charge is 0.329 e. The molecule has 2 aliphatic heterocycles. The fourth-order valence-corrected chi connectivity index (χ4v) is 12.0. The van der Waals surface area contributed by atoms with E-state index in [0.29, 0.717) is 30.7 Å². The lowest BCUT2D eigenvalue weighted by atomic mass is 9.95. The molecule has 2 heterocycles. The highest BCUT2D eigenvalue weighted by atomic mass is 16.5. The Hall–Kier alpha value is -8.58. The zero-order valence-electron chi connectivity index (χ0n) is 64.7. The number of cyclic esters (lactones) is 1. The van der Waals surface area contributed by atoms with Gasteiger partial charge in [0.25, 0.3) is 5.91 Å². The number of likely N-dealkylation sites (tertiary alicyclic amines) is 1. The molecule has 1 aromatic rings. The Kier molecular flexibility index (Phi) is 37.8. The average Bonchev–Trinajstić information content (AvgIpc) is 1.79. The van der Waals surface area contributed by atoms with Gasteiger partial charge in [0.1, 0.15) is 84.3 Å². The molecular formula is C74H122N14O17. The van der Waals surface area contributed by atoms with Gasteiger partial charge in [0.05, 0.1) is 12.2 Å². The molecular weight excluding hydrogens is 1360 g/mol. The predicted molar refractivity (Wildman–Crippen MR) is 392 cm³/mol. The molecule has 2 saturated heterocycles. The summed E-state index contributed by atoms with van der Waals surface area (Å²) >= 11 is 0. The summed E-state index contributed by atoms with van der Waals surface area (Å²) in [5.41, 5.74) is 6.31. The first-order valence-corrected chi connectivity index (χ1v) is 37.2. The van der Waals surface area contributed by atoms with Crippen molar-refractivity contribution in [3.8, 4) is 0 Å². The summed E-state index contributed by atoms with van der Waals surface area (Å²) in [7, 11) is 0. The number of hydrogen-bond donors (Lipinski definition) is 15. The summed E-state index contributed by atoms with van der Waals surface area (Å²) in [5.74, 6) is -15.4. The van der Waals surface area contributed by atoms with Gasteiger partial charge in [-0.3, -0.25) is 62.3 Å². The van der Waals surface area contributed by atoms with Crippen molar-refractivity contribution in [2.24, 2.45) is 47.2 Å². The number of aliphatic hydroxyl groups excluding tert-OH is 2. The molecule has 31 nitrogen and oxygen atoms in total. The lowest BCUT2D eigenvalue weighted by molar-refractivity contribution is -0.157. The number of ether oxygens (including phenoxy) is 1. The van der Waals surface area contributed by atoms with Crippen LogP contribution in [0.2, 0.25) is 0 Å². The Morgan fingerprint density at radius 1 is 0.610 bits per heavy atom. The van der Waals surface area contributed by atoms with E-state index >= 15 is 9.59 Å². The zero-order chi connectivity index (χ0) is 79.4. The van der Waals surface area contributed by atoms with E-state index in [4.69, 9.17) is 10.5 Å². The number of nitrogens with one attached hydrogen (secondary N) is 12. The van der Waals surface area contributed by atoms with Gasteiger partial charge in [-0.15, -0.1) is 0 Å². The maximum atomic E-state index is 15.0. The first-order chi connectivity index (χ1) is 49.2. The van der Waals surface area contributed by atoms with Crippen molar-refractivity contribution in [1.82, 2.24) is 68.7 Å². The van der Waals surface area contributed by atoms with Crippen molar-refractivity contribution in [3.05, 3.63) is 47.7 Å². The molecule has 3 rings (SSSR count). The molecule has 31 heteroatoms. The third-order valence-electron chi connectivity index (χ3n) is 19.1. The van der Waals surface area contributed by atoms with Crippen LogP contribution in [0.15, 0.2) is 42.1 Å². The molecule has 0 spiro atoms. The minimum absolute atomic E-state index is 0.0222. The summed E-state index contributed by atoms with van der Waals surface area (Å²) in [6, 6.07) is -8.54. The molecule has 105 heavy (non-hydrogen) atoms. The second-order valence-corrected chi connectivity index (χ2v) is 29.7. The van der Waals surface area contributed by atoms with Gasteiger partial charge in [-0.2, -0.15) is 0 Å². The van der Waals surface area contributed by atoms with Crippen LogP contribution in [0.25, 0.3) is 0 Å². The number of rotatable bonds is 33. The van der Waals surface area contributed by atoms with Crippen LogP contribution in [0.1, 0.15) is 188 Å². The molecule has 590 valence electrons. The van der Waals surface area contributed by atoms with Crippen molar-refractivity contribution in [2.45, 2.75) is 280 Å². The normalized spacial score (nSPS) is 22.8. The second kappa shape index (κ2) is 43.8. The molecule has 0 aliphatic carbocycles. The van der Waals surface area contributed by atoms with Crippen molar-refractivity contribution in [1.29, 1.82) is 0 Å². The van der Waals surface area contributed by atoms with E-state index in [1.165, 1.54) is 38.7 Å². The SMILES string of the molecule is C/C=C1\NC(=O)[C@H](Cc2ccccc2)NC(=O)[C@@H](C(C)C)NC(=O)[C@@H]([C@H](C)CC)NC(=O)[C@H](NC(=O)[C@H](NC(=O)[C@H](CCCN)NC(=O)[C@H]2CCCN2C(=O)[C@H](NC(=O)[C@@H](NC(=O)[C@@H](NC(=O)[C@H](NC(=O)CCCC(C)C)C(C)C)[C@@H](C)O)[C@@H](C)O)C(C)C)[C@H](C)CC)[C@H](C)OC(=O)[C@H](C(C)C)NC1=O.